The molecule has 3 heterocycles. The first-order chi connectivity index (χ1) is 13.5. The lowest BCUT2D eigenvalue weighted by Gasteiger charge is -2.40. The van der Waals surface area contributed by atoms with Gasteiger partial charge in [-0.2, -0.15) is 0 Å². The molecule has 2 atom stereocenters. The van der Waals surface area contributed by atoms with E-state index in [1.165, 1.54) is 17.4 Å². The number of rotatable bonds is 3. The normalized spacial score (nSPS) is 26.4. The molecule has 8 heteroatoms. The van der Waals surface area contributed by atoms with Gasteiger partial charge in [-0.25, -0.2) is 4.39 Å². The highest BCUT2D eigenvalue weighted by molar-refractivity contribution is 8.02. The van der Waals surface area contributed by atoms with Gasteiger partial charge in [-0.3, -0.25) is 9.20 Å². The molecule has 0 saturated carbocycles. The molecule has 29 heavy (non-hydrogen) atoms. The van der Waals surface area contributed by atoms with E-state index in [1.54, 1.807) is 27.9 Å². The first-order valence-corrected chi connectivity index (χ1v) is 11.9. The Morgan fingerprint density at radius 3 is 2.72 bits per heavy atom. The van der Waals surface area contributed by atoms with E-state index in [1.807, 2.05) is 24.3 Å². The van der Waals surface area contributed by atoms with Gasteiger partial charge < -0.3 is 15.5 Å². The van der Waals surface area contributed by atoms with E-state index in [-0.39, 0.29) is 17.4 Å². The second-order valence-corrected chi connectivity index (χ2v) is 12.1. The number of halogens is 1. The maximum Gasteiger partial charge on any atom is 0.142 e. The van der Waals surface area contributed by atoms with Gasteiger partial charge in [0.1, 0.15) is 22.9 Å². The fraction of sp³-hybridized carbons (Fsp3) is 0.333. The molecule has 4 rings (SSSR count). The Labute approximate surface area is 173 Å². The van der Waals surface area contributed by atoms with Crippen molar-refractivity contribution in [3.63, 3.8) is 0 Å². The van der Waals surface area contributed by atoms with Crippen molar-refractivity contribution in [2.24, 2.45) is 10.7 Å². The van der Waals surface area contributed by atoms with E-state index in [0.29, 0.717) is 4.88 Å². The first-order valence-electron chi connectivity index (χ1n) is 9.15. The number of amidine groups is 1. The smallest absolute Gasteiger partial charge is 0.142 e. The minimum atomic E-state index is -2.61. The third kappa shape index (κ3) is 2.97. The molecule has 0 saturated heterocycles. The van der Waals surface area contributed by atoms with Crippen LogP contribution in [0.1, 0.15) is 25.6 Å². The molecule has 1 aliphatic rings. The summed E-state index contributed by atoms with van der Waals surface area (Å²) in [5, 5.41) is 0.975. The van der Waals surface area contributed by atoms with E-state index >= 15 is 4.39 Å². The lowest BCUT2D eigenvalue weighted by molar-refractivity contribution is 0.419. The summed E-state index contributed by atoms with van der Waals surface area (Å²) in [5.41, 5.74) is 6.77. The molecule has 1 aliphatic heterocycles. The van der Waals surface area contributed by atoms with Gasteiger partial charge in [-0.15, -0.1) is 11.3 Å². The molecule has 154 valence electrons. The average Bonchev–Trinajstić information content (AvgIpc) is 3.23. The Morgan fingerprint density at radius 2 is 2.07 bits per heavy atom. The van der Waals surface area contributed by atoms with Crippen molar-refractivity contribution >= 4 is 43.5 Å². The summed E-state index contributed by atoms with van der Waals surface area (Å²) in [5.74, 6) is 4.65. The Bertz CT molecular complexity index is 1250. The van der Waals surface area contributed by atoms with Gasteiger partial charge in [0.15, 0.2) is 0 Å². The van der Waals surface area contributed by atoms with Gasteiger partial charge >= 0.3 is 0 Å². The highest BCUT2D eigenvalue weighted by atomic mass is 32.2. The molecule has 2 aromatic heterocycles. The molecule has 3 N–H and O–H groups in total. The highest BCUT2D eigenvalue weighted by Gasteiger charge is 2.46. The predicted octanol–water partition coefficient (Wildman–Crippen LogP) is 4.13. The minimum Gasteiger partial charge on any atom is -0.495 e. The van der Waals surface area contributed by atoms with Crippen LogP contribution in [0.15, 0.2) is 35.3 Å². The summed E-state index contributed by atoms with van der Waals surface area (Å²) in [4.78, 5) is 9.04. The fourth-order valence-corrected chi connectivity index (χ4v) is 6.77. The lowest BCUT2D eigenvalue weighted by Crippen LogP contribution is -2.54. The van der Waals surface area contributed by atoms with Crippen LogP contribution >= 0.6 is 11.3 Å². The zero-order chi connectivity index (χ0) is 21.2. The number of aliphatic imine (C=N–C) groups is 1. The third-order valence-electron chi connectivity index (χ3n) is 5.71. The molecular weight excluding hydrogens is 409 g/mol. The molecule has 1 unspecified atom stereocenters. The molecular formula is C21H24FN3O2S2. The van der Waals surface area contributed by atoms with Crippen LogP contribution in [0.25, 0.3) is 21.5 Å². The van der Waals surface area contributed by atoms with Crippen molar-refractivity contribution in [1.82, 2.24) is 4.98 Å². The number of aromatic amines is 1. The molecule has 0 radical (unpaired) electrons. The van der Waals surface area contributed by atoms with Crippen LogP contribution in [0.3, 0.4) is 0 Å². The zero-order valence-corrected chi connectivity index (χ0v) is 18.5. The second-order valence-electron chi connectivity index (χ2n) is 8.13. The molecule has 5 nitrogen and oxygen atoms in total. The zero-order valence-electron chi connectivity index (χ0n) is 16.8. The summed E-state index contributed by atoms with van der Waals surface area (Å²) < 4.78 is 32.8. The van der Waals surface area contributed by atoms with Gasteiger partial charge in [-0.05, 0) is 54.4 Å². The van der Waals surface area contributed by atoms with Crippen LogP contribution in [-0.4, -0.2) is 38.5 Å². The molecule has 3 aromatic rings. The number of nitrogens with zero attached hydrogens (tertiary/aromatic N) is 1. The van der Waals surface area contributed by atoms with Gasteiger partial charge in [0.2, 0.25) is 0 Å². The van der Waals surface area contributed by atoms with Crippen LogP contribution < -0.4 is 10.5 Å². The fourth-order valence-electron chi connectivity index (χ4n) is 3.67. The number of hydrogen-bond donors (Lipinski definition) is 2. The van der Waals surface area contributed by atoms with Crippen molar-refractivity contribution in [3.05, 3.63) is 41.0 Å². The van der Waals surface area contributed by atoms with Crippen molar-refractivity contribution in [2.75, 3.05) is 12.9 Å². The van der Waals surface area contributed by atoms with E-state index < -0.39 is 19.8 Å². The van der Waals surface area contributed by atoms with Crippen LogP contribution in [0.4, 0.5) is 4.39 Å². The quantitative estimate of drug-likeness (QED) is 0.610. The van der Waals surface area contributed by atoms with Crippen molar-refractivity contribution in [3.8, 4) is 16.3 Å². The Morgan fingerprint density at radius 1 is 1.34 bits per heavy atom. The van der Waals surface area contributed by atoms with Gasteiger partial charge in [0.25, 0.3) is 0 Å². The summed E-state index contributed by atoms with van der Waals surface area (Å²) >= 11 is 1.29. The molecule has 0 fully saturated rings. The third-order valence-corrected chi connectivity index (χ3v) is 10.2. The Balaban J connectivity index is 1.83. The minimum absolute atomic E-state index is 0.144. The number of hydrogen-bond acceptors (Lipinski definition) is 5. The van der Waals surface area contributed by atoms with Crippen LogP contribution in [-0.2, 0) is 15.1 Å². The maximum atomic E-state index is 15.0. The van der Waals surface area contributed by atoms with E-state index in [0.717, 1.165) is 27.2 Å². The Hall–Kier alpha value is -2.32. The number of nitrogens with two attached hydrogens (primary N) is 1. The monoisotopic (exact) mass is 433 g/mol. The number of fused-ring (bicyclic) bond motifs is 1. The molecule has 0 amide bonds. The van der Waals surface area contributed by atoms with Crippen molar-refractivity contribution in [2.45, 2.75) is 31.1 Å². The SMILES string of the molecule is C=S1(=O)C[C@@](C)(c2sc(-c3cc4cccc(OC)c4[nH]3)cc2F)N=C(N)C1(C)C. The molecule has 1 aromatic carbocycles. The molecule has 0 aliphatic carbocycles. The number of para-hydroxylation sites is 1. The largest absolute Gasteiger partial charge is 0.495 e. The number of thiophene rings is 1. The van der Waals surface area contributed by atoms with Crippen LogP contribution in [0.5, 0.6) is 5.75 Å². The van der Waals surface area contributed by atoms with E-state index in [2.05, 4.69) is 15.8 Å². The van der Waals surface area contributed by atoms with E-state index in [9.17, 15) is 4.21 Å². The standard InChI is InChI=1S/C21H24FN3O2S2/c1-20(2)19(23)25-21(3,11-29(20,5)26)18-13(22)10-16(28-18)14-9-12-7-6-8-15(27-4)17(12)24-14/h6-10,24H,5,11H2,1-4H3,(H2,23,25)/t21-,29?/m0/s1. The first kappa shape index (κ1) is 20.0. The number of aromatic nitrogens is 1. The summed E-state index contributed by atoms with van der Waals surface area (Å²) in [6.45, 7) is 5.32. The number of nitrogens with one attached hydrogen (secondary N) is 1. The Kier molecular flexibility index (Phi) is 4.36. The topological polar surface area (TPSA) is 80.5 Å². The van der Waals surface area contributed by atoms with Crippen molar-refractivity contribution < 1.29 is 13.3 Å². The number of benzene rings is 1. The predicted molar refractivity (Wildman–Crippen MR) is 121 cm³/mol. The number of methoxy groups -OCH3 is 1. The van der Waals surface area contributed by atoms with Crippen molar-refractivity contribution in [1.29, 1.82) is 0 Å². The molecule has 0 bridgehead atoms. The second kappa shape index (κ2) is 6.34. The number of H-pyrrole nitrogens is 1. The average molecular weight is 434 g/mol. The van der Waals surface area contributed by atoms with Crippen LogP contribution in [0.2, 0.25) is 0 Å². The summed E-state index contributed by atoms with van der Waals surface area (Å²) in [7, 11) is -0.994. The summed E-state index contributed by atoms with van der Waals surface area (Å²) in [6.07, 6.45) is 0. The van der Waals surface area contributed by atoms with E-state index in [4.69, 9.17) is 10.5 Å². The van der Waals surface area contributed by atoms with Gasteiger partial charge in [0.05, 0.1) is 32.8 Å². The maximum absolute atomic E-state index is 15.0. The molecule has 0 spiro atoms. The van der Waals surface area contributed by atoms with Crippen LogP contribution in [0, 0.1) is 5.82 Å². The highest BCUT2D eigenvalue weighted by Crippen LogP contribution is 2.43. The lowest BCUT2D eigenvalue weighted by atomic mass is 10.0. The van der Waals surface area contributed by atoms with Gasteiger partial charge in [0, 0.05) is 11.1 Å². The summed E-state index contributed by atoms with van der Waals surface area (Å²) in [6, 6.07) is 9.19. The number of ether oxygens (including phenoxy) is 1. The van der Waals surface area contributed by atoms with Gasteiger partial charge in [-0.1, -0.05) is 12.1 Å².